The molecule has 1 unspecified atom stereocenters. The largest absolute Gasteiger partial charge is 0.370 e. The van der Waals surface area contributed by atoms with Crippen LogP contribution < -0.4 is 5.32 Å². The first-order valence-electron chi connectivity index (χ1n) is 7.78. The third-order valence-corrected chi connectivity index (χ3v) is 4.15. The summed E-state index contributed by atoms with van der Waals surface area (Å²) in [7, 11) is 2.03. The highest BCUT2D eigenvalue weighted by atomic mass is 16.5. The van der Waals surface area contributed by atoms with Gasteiger partial charge in [-0.2, -0.15) is 4.98 Å². The van der Waals surface area contributed by atoms with E-state index < -0.39 is 0 Å². The second kappa shape index (κ2) is 7.18. The molecule has 0 spiro atoms. The molecule has 5 nitrogen and oxygen atoms in total. The Kier molecular flexibility index (Phi) is 5.54. The summed E-state index contributed by atoms with van der Waals surface area (Å²) < 4.78 is 11.2. The van der Waals surface area contributed by atoms with Crippen molar-refractivity contribution < 1.29 is 9.26 Å². The summed E-state index contributed by atoms with van der Waals surface area (Å²) in [5.41, 5.74) is 0. The summed E-state index contributed by atoms with van der Waals surface area (Å²) in [5.74, 6) is 2.25. The zero-order chi connectivity index (χ0) is 14.5. The zero-order valence-corrected chi connectivity index (χ0v) is 13.1. The van der Waals surface area contributed by atoms with E-state index in [-0.39, 0.29) is 6.10 Å². The number of hydrogen-bond acceptors (Lipinski definition) is 5. The highest BCUT2D eigenvalue weighted by molar-refractivity contribution is 4.99. The first-order valence-corrected chi connectivity index (χ1v) is 7.78. The van der Waals surface area contributed by atoms with Crippen LogP contribution in [0.2, 0.25) is 0 Å². The van der Waals surface area contributed by atoms with Crippen molar-refractivity contribution in [3.05, 3.63) is 11.7 Å². The van der Waals surface area contributed by atoms with Gasteiger partial charge in [0.25, 0.3) is 0 Å². The zero-order valence-electron chi connectivity index (χ0n) is 13.1. The van der Waals surface area contributed by atoms with Crippen LogP contribution in [0, 0.1) is 5.92 Å². The molecule has 0 saturated heterocycles. The number of nitrogens with zero attached hydrogens (tertiary/aromatic N) is 2. The Hall–Kier alpha value is -0.940. The first kappa shape index (κ1) is 15.4. The van der Waals surface area contributed by atoms with Crippen molar-refractivity contribution in [1.29, 1.82) is 0 Å². The second-order valence-electron chi connectivity index (χ2n) is 5.95. The fourth-order valence-electron chi connectivity index (χ4n) is 2.90. The molecule has 1 saturated carbocycles. The summed E-state index contributed by atoms with van der Waals surface area (Å²) in [6, 6.07) is 0.639. The van der Waals surface area contributed by atoms with Gasteiger partial charge in [0.2, 0.25) is 11.7 Å². The standard InChI is InChI=1S/C15H27N3O2/c1-5-19-13(10(2)3)14-17-15(20-18-14)11-6-8-12(16-4)9-7-11/h10-13,16H,5-9H2,1-4H3. The van der Waals surface area contributed by atoms with Crippen LogP contribution in [-0.2, 0) is 4.74 Å². The Morgan fingerprint density at radius 1 is 1.30 bits per heavy atom. The third kappa shape index (κ3) is 3.58. The lowest BCUT2D eigenvalue weighted by atomic mass is 9.86. The average Bonchev–Trinajstić information content (AvgIpc) is 2.94. The minimum absolute atomic E-state index is 0.0638. The minimum atomic E-state index is -0.0638. The number of nitrogens with one attached hydrogen (secondary N) is 1. The smallest absolute Gasteiger partial charge is 0.229 e. The maximum absolute atomic E-state index is 5.73. The fourth-order valence-corrected chi connectivity index (χ4v) is 2.90. The highest BCUT2D eigenvalue weighted by Gasteiger charge is 2.28. The van der Waals surface area contributed by atoms with E-state index in [0.717, 1.165) is 18.7 Å². The molecule has 0 amide bonds. The van der Waals surface area contributed by atoms with E-state index in [4.69, 9.17) is 9.26 Å². The van der Waals surface area contributed by atoms with Crippen molar-refractivity contribution in [3.63, 3.8) is 0 Å². The van der Waals surface area contributed by atoms with Crippen molar-refractivity contribution in [2.24, 2.45) is 5.92 Å². The molecule has 1 aliphatic rings. The summed E-state index contributed by atoms with van der Waals surface area (Å²) >= 11 is 0. The van der Waals surface area contributed by atoms with Gasteiger partial charge in [0, 0.05) is 18.6 Å². The van der Waals surface area contributed by atoms with E-state index in [0.29, 0.717) is 30.3 Å². The van der Waals surface area contributed by atoms with E-state index in [1.54, 1.807) is 0 Å². The van der Waals surface area contributed by atoms with Crippen molar-refractivity contribution >= 4 is 0 Å². The number of rotatable bonds is 6. The first-order chi connectivity index (χ1) is 9.65. The molecule has 1 N–H and O–H groups in total. The van der Waals surface area contributed by atoms with Gasteiger partial charge in [-0.3, -0.25) is 0 Å². The van der Waals surface area contributed by atoms with E-state index in [2.05, 4.69) is 29.3 Å². The molecule has 0 radical (unpaired) electrons. The normalized spacial score (nSPS) is 25.1. The average molecular weight is 281 g/mol. The SMILES string of the molecule is CCOC(c1noc(C2CCC(NC)CC2)n1)C(C)C. The van der Waals surface area contributed by atoms with Crippen LogP contribution in [0.25, 0.3) is 0 Å². The van der Waals surface area contributed by atoms with Crippen molar-refractivity contribution in [2.45, 2.75) is 64.5 Å². The van der Waals surface area contributed by atoms with Gasteiger partial charge in [-0.05, 0) is 45.6 Å². The highest BCUT2D eigenvalue weighted by Crippen LogP contribution is 2.33. The Bertz CT molecular complexity index is 398. The van der Waals surface area contributed by atoms with Crippen molar-refractivity contribution in [1.82, 2.24) is 15.5 Å². The quantitative estimate of drug-likeness (QED) is 0.868. The Morgan fingerprint density at radius 2 is 2.00 bits per heavy atom. The monoisotopic (exact) mass is 281 g/mol. The van der Waals surface area contributed by atoms with Crippen LogP contribution in [0.5, 0.6) is 0 Å². The van der Waals surface area contributed by atoms with Gasteiger partial charge in [0.15, 0.2) is 0 Å². The molecular weight excluding hydrogens is 254 g/mol. The van der Waals surface area contributed by atoms with Gasteiger partial charge >= 0.3 is 0 Å². The number of hydrogen-bond donors (Lipinski definition) is 1. The van der Waals surface area contributed by atoms with Gasteiger partial charge in [-0.25, -0.2) is 0 Å². The summed E-state index contributed by atoms with van der Waals surface area (Å²) in [6.07, 6.45) is 4.53. The topological polar surface area (TPSA) is 60.2 Å². The lowest BCUT2D eigenvalue weighted by Gasteiger charge is -2.25. The van der Waals surface area contributed by atoms with Gasteiger partial charge in [0.1, 0.15) is 6.10 Å². The number of ether oxygens (including phenoxy) is 1. The van der Waals surface area contributed by atoms with Crippen molar-refractivity contribution in [3.8, 4) is 0 Å². The van der Waals surface area contributed by atoms with Crippen LogP contribution in [0.1, 0.15) is 70.2 Å². The second-order valence-corrected chi connectivity index (χ2v) is 5.95. The molecule has 1 fully saturated rings. The molecule has 0 aliphatic heterocycles. The lowest BCUT2D eigenvalue weighted by Crippen LogP contribution is -2.29. The molecule has 20 heavy (non-hydrogen) atoms. The molecule has 1 heterocycles. The Balaban J connectivity index is 2.01. The molecule has 5 heteroatoms. The van der Waals surface area contributed by atoms with E-state index in [1.807, 2.05) is 14.0 Å². The molecule has 0 aromatic carbocycles. The lowest BCUT2D eigenvalue weighted by molar-refractivity contribution is 0.0217. The van der Waals surface area contributed by atoms with Gasteiger partial charge in [0.05, 0.1) is 0 Å². The van der Waals surface area contributed by atoms with Gasteiger partial charge < -0.3 is 14.6 Å². The molecule has 1 aromatic rings. The molecular formula is C15H27N3O2. The van der Waals surface area contributed by atoms with Crippen molar-refractivity contribution in [2.75, 3.05) is 13.7 Å². The molecule has 1 atom stereocenters. The molecule has 1 aliphatic carbocycles. The van der Waals surface area contributed by atoms with E-state index in [1.165, 1.54) is 12.8 Å². The minimum Gasteiger partial charge on any atom is -0.370 e. The van der Waals surface area contributed by atoms with E-state index in [9.17, 15) is 0 Å². The summed E-state index contributed by atoms with van der Waals surface area (Å²) in [6.45, 7) is 6.90. The molecule has 114 valence electrons. The third-order valence-electron chi connectivity index (χ3n) is 4.15. The maximum atomic E-state index is 5.73. The predicted octanol–water partition coefficient (Wildman–Crippen LogP) is 3.05. The molecule has 1 aromatic heterocycles. The molecule has 2 rings (SSSR count). The van der Waals surface area contributed by atoms with Gasteiger partial charge in [-0.1, -0.05) is 19.0 Å². The van der Waals surface area contributed by atoms with Crippen LogP contribution in [-0.4, -0.2) is 29.8 Å². The Morgan fingerprint density at radius 3 is 2.55 bits per heavy atom. The summed E-state index contributed by atoms with van der Waals surface area (Å²) in [4.78, 5) is 4.60. The summed E-state index contributed by atoms with van der Waals surface area (Å²) in [5, 5.41) is 7.49. The molecule has 0 bridgehead atoms. The van der Waals surface area contributed by atoms with Crippen LogP contribution in [0.4, 0.5) is 0 Å². The van der Waals surface area contributed by atoms with Gasteiger partial charge in [-0.15, -0.1) is 0 Å². The predicted molar refractivity (Wildman–Crippen MR) is 77.6 cm³/mol. The van der Waals surface area contributed by atoms with E-state index >= 15 is 0 Å². The maximum Gasteiger partial charge on any atom is 0.229 e. The van der Waals surface area contributed by atoms with Crippen LogP contribution >= 0.6 is 0 Å². The van der Waals surface area contributed by atoms with Crippen LogP contribution in [0.3, 0.4) is 0 Å². The van der Waals surface area contributed by atoms with Crippen LogP contribution in [0.15, 0.2) is 4.52 Å². The number of aromatic nitrogens is 2. The Labute approximate surface area is 121 Å². The fraction of sp³-hybridized carbons (Fsp3) is 0.867.